The molecule has 2 amide bonds. The lowest BCUT2D eigenvalue weighted by atomic mass is 9.95. The Hall–Kier alpha value is -3.33. The van der Waals surface area contributed by atoms with Crippen LogP contribution in [0.25, 0.3) is 0 Å². The molecule has 29 heavy (non-hydrogen) atoms. The Bertz CT molecular complexity index is 1070. The number of benzene rings is 2. The number of aromatic hydroxyl groups is 1. The van der Waals surface area contributed by atoms with E-state index in [9.17, 15) is 23.1 Å². The second-order valence-electron chi connectivity index (χ2n) is 6.58. The number of rotatable bonds is 5. The average molecular weight is 416 g/mol. The predicted molar refractivity (Wildman–Crippen MR) is 105 cm³/mol. The summed E-state index contributed by atoms with van der Waals surface area (Å²) in [5.41, 5.74) is 1.32. The van der Waals surface area contributed by atoms with Crippen LogP contribution in [0, 0.1) is 6.92 Å². The molecule has 3 N–H and O–H groups in total. The summed E-state index contributed by atoms with van der Waals surface area (Å²) in [4.78, 5) is 24.8. The lowest BCUT2D eigenvalue weighted by molar-refractivity contribution is -0.136. The molecule has 1 unspecified atom stereocenters. The van der Waals surface area contributed by atoms with Crippen molar-refractivity contribution in [1.82, 2.24) is 10.6 Å². The SMILES string of the molecule is COC(=O)C1=C(CS(=O)(=O)c2ccc(C)cc2)NC(=O)NC1c1ccc(O)cc1. The molecule has 0 saturated carbocycles. The van der Waals surface area contributed by atoms with Crippen molar-refractivity contribution >= 4 is 21.8 Å². The maximum Gasteiger partial charge on any atom is 0.338 e. The number of carbonyl (C=O) groups is 2. The van der Waals surface area contributed by atoms with Crippen LogP contribution < -0.4 is 10.6 Å². The van der Waals surface area contributed by atoms with Crippen LogP contribution in [0.1, 0.15) is 17.2 Å². The van der Waals surface area contributed by atoms with Gasteiger partial charge in [0.15, 0.2) is 9.84 Å². The molecule has 0 fully saturated rings. The van der Waals surface area contributed by atoms with E-state index in [1.165, 1.54) is 43.5 Å². The summed E-state index contributed by atoms with van der Waals surface area (Å²) < 4.78 is 30.6. The van der Waals surface area contributed by atoms with Crippen molar-refractivity contribution in [3.8, 4) is 5.75 Å². The van der Waals surface area contributed by atoms with E-state index < -0.39 is 33.6 Å². The van der Waals surface area contributed by atoms with Gasteiger partial charge in [0.25, 0.3) is 0 Å². The topological polar surface area (TPSA) is 122 Å². The van der Waals surface area contributed by atoms with Crippen molar-refractivity contribution in [2.24, 2.45) is 0 Å². The van der Waals surface area contributed by atoms with E-state index in [0.29, 0.717) is 5.56 Å². The van der Waals surface area contributed by atoms with Gasteiger partial charge in [0.05, 0.1) is 29.4 Å². The minimum absolute atomic E-state index is 0.0137. The number of nitrogens with one attached hydrogen (secondary N) is 2. The van der Waals surface area contributed by atoms with Gasteiger partial charge in [0.1, 0.15) is 5.75 Å². The highest BCUT2D eigenvalue weighted by Crippen LogP contribution is 2.30. The lowest BCUT2D eigenvalue weighted by Crippen LogP contribution is -2.47. The minimum Gasteiger partial charge on any atom is -0.508 e. The number of amides is 2. The summed E-state index contributed by atoms with van der Waals surface area (Å²) in [6.07, 6.45) is 0. The maximum atomic E-state index is 12.9. The molecule has 0 aromatic heterocycles. The quantitative estimate of drug-likeness (QED) is 0.641. The predicted octanol–water partition coefficient (Wildman–Crippen LogP) is 1.96. The fraction of sp³-hybridized carbons (Fsp3) is 0.200. The number of esters is 1. The molecule has 0 spiro atoms. The van der Waals surface area contributed by atoms with Crippen LogP contribution in [0.15, 0.2) is 64.7 Å². The highest BCUT2D eigenvalue weighted by Gasteiger charge is 2.35. The summed E-state index contributed by atoms with van der Waals surface area (Å²) in [5.74, 6) is -1.34. The highest BCUT2D eigenvalue weighted by atomic mass is 32.2. The highest BCUT2D eigenvalue weighted by molar-refractivity contribution is 7.91. The second-order valence-corrected chi connectivity index (χ2v) is 8.57. The van der Waals surface area contributed by atoms with Crippen LogP contribution in [0.4, 0.5) is 4.79 Å². The number of methoxy groups -OCH3 is 1. The lowest BCUT2D eigenvalue weighted by Gasteiger charge is -2.29. The van der Waals surface area contributed by atoms with Crippen LogP contribution in [-0.4, -0.2) is 38.4 Å². The van der Waals surface area contributed by atoms with Gasteiger partial charge in [-0.05, 0) is 36.8 Å². The van der Waals surface area contributed by atoms with Crippen molar-refractivity contribution in [1.29, 1.82) is 0 Å². The third-order valence-corrected chi connectivity index (χ3v) is 6.16. The largest absolute Gasteiger partial charge is 0.508 e. The van der Waals surface area contributed by atoms with Crippen molar-refractivity contribution in [3.63, 3.8) is 0 Å². The Morgan fingerprint density at radius 1 is 1.10 bits per heavy atom. The number of ether oxygens (including phenoxy) is 1. The standard InChI is InChI=1S/C20H20N2O6S/c1-12-3-9-15(10-4-12)29(26,27)11-16-17(19(24)28-2)18(22-20(25)21-16)13-5-7-14(23)8-6-13/h3-10,18,23H,11H2,1-2H3,(H2,21,22,25). The molecule has 1 aliphatic heterocycles. The summed E-state index contributed by atoms with van der Waals surface area (Å²) in [6, 6.07) is 10.6. The average Bonchev–Trinajstić information content (AvgIpc) is 2.67. The van der Waals surface area contributed by atoms with E-state index in [4.69, 9.17) is 4.74 Å². The van der Waals surface area contributed by atoms with Gasteiger partial charge in [-0.3, -0.25) is 0 Å². The Morgan fingerprint density at radius 2 is 1.72 bits per heavy atom. The first-order valence-corrected chi connectivity index (χ1v) is 10.3. The number of hydrogen-bond donors (Lipinski definition) is 3. The second kappa shape index (κ2) is 7.96. The van der Waals surface area contributed by atoms with Gasteiger partial charge < -0.3 is 20.5 Å². The molecule has 0 aliphatic carbocycles. The molecule has 1 aliphatic rings. The number of phenolic OH excluding ortho intramolecular Hbond substituents is 1. The van der Waals surface area contributed by atoms with Gasteiger partial charge in [-0.15, -0.1) is 0 Å². The Balaban J connectivity index is 2.08. The first-order valence-electron chi connectivity index (χ1n) is 8.68. The number of urea groups is 1. The van der Waals surface area contributed by atoms with Gasteiger partial charge in [-0.25, -0.2) is 18.0 Å². The normalized spacial score (nSPS) is 16.8. The van der Waals surface area contributed by atoms with Crippen LogP contribution >= 0.6 is 0 Å². The fourth-order valence-electron chi connectivity index (χ4n) is 3.02. The monoisotopic (exact) mass is 416 g/mol. The molecule has 2 aromatic rings. The zero-order valence-electron chi connectivity index (χ0n) is 15.8. The molecule has 0 radical (unpaired) electrons. The van der Waals surface area contributed by atoms with Crippen molar-refractivity contribution < 1.29 is 27.9 Å². The first kappa shape index (κ1) is 20.4. The Kier molecular flexibility index (Phi) is 5.60. The Labute approximate surface area is 168 Å². The summed E-state index contributed by atoms with van der Waals surface area (Å²) in [5, 5.41) is 14.5. The molecular formula is C20H20N2O6S. The van der Waals surface area contributed by atoms with Crippen LogP contribution in [-0.2, 0) is 19.4 Å². The number of aryl methyl sites for hydroxylation is 1. The number of carbonyl (C=O) groups excluding carboxylic acids is 2. The summed E-state index contributed by atoms with van der Waals surface area (Å²) in [7, 11) is -2.66. The zero-order valence-corrected chi connectivity index (χ0v) is 16.6. The fourth-order valence-corrected chi connectivity index (χ4v) is 4.34. The molecule has 9 heteroatoms. The van der Waals surface area contributed by atoms with Gasteiger partial charge in [-0.2, -0.15) is 0 Å². The van der Waals surface area contributed by atoms with E-state index >= 15 is 0 Å². The number of hydrogen-bond acceptors (Lipinski definition) is 6. The van der Waals surface area contributed by atoms with Gasteiger partial charge in [0, 0.05) is 5.70 Å². The van der Waals surface area contributed by atoms with Crippen LogP contribution in [0.5, 0.6) is 5.75 Å². The van der Waals surface area contributed by atoms with Gasteiger partial charge in [0.2, 0.25) is 0 Å². The number of phenols is 1. The third kappa shape index (κ3) is 4.40. The minimum atomic E-state index is -3.84. The van der Waals surface area contributed by atoms with Crippen molar-refractivity contribution in [2.45, 2.75) is 17.9 Å². The molecule has 2 aromatic carbocycles. The van der Waals surface area contributed by atoms with E-state index in [2.05, 4.69) is 10.6 Å². The molecule has 3 rings (SSSR count). The molecule has 8 nitrogen and oxygen atoms in total. The zero-order chi connectivity index (χ0) is 21.2. The van der Waals surface area contributed by atoms with E-state index in [1.54, 1.807) is 12.1 Å². The van der Waals surface area contributed by atoms with E-state index in [0.717, 1.165) is 5.56 Å². The van der Waals surface area contributed by atoms with E-state index in [1.807, 2.05) is 6.92 Å². The molecule has 0 bridgehead atoms. The molecular weight excluding hydrogens is 396 g/mol. The van der Waals surface area contributed by atoms with Crippen LogP contribution in [0.2, 0.25) is 0 Å². The van der Waals surface area contributed by atoms with E-state index in [-0.39, 0.29) is 21.9 Å². The van der Waals surface area contributed by atoms with Gasteiger partial charge >= 0.3 is 12.0 Å². The smallest absolute Gasteiger partial charge is 0.338 e. The van der Waals surface area contributed by atoms with Gasteiger partial charge in [-0.1, -0.05) is 29.8 Å². The third-order valence-electron chi connectivity index (χ3n) is 4.50. The molecule has 0 saturated heterocycles. The first-order chi connectivity index (χ1) is 13.7. The summed E-state index contributed by atoms with van der Waals surface area (Å²) >= 11 is 0. The molecule has 152 valence electrons. The molecule has 1 atom stereocenters. The van der Waals surface area contributed by atoms with Crippen LogP contribution in [0.3, 0.4) is 0 Å². The number of sulfone groups is 1. The summed E-state index contributed by atoms with van der Waals surface area (Å²) in [6.45, 7) is 1.84. The van der Waals surface area contributed by atoms with Crippen molar-refractivity contribution in [3.05, 3.63) is 70.9 Å². The molecule has 1 heterocycles. The Morgan fingerprint density at radius 3 is 2.31 bits per heavy atom. The maximum absolute atomic E-state index is 12.9. The van der Waals surface area contributed by atoms with Crippen molar-refractivity contribution in [2.75, 3.05) is 12.9 Å².